The van der Waals surface area contributed by atoms with E-state index < -0.39 is 10.0 Å². The smallest absolute Gasteiger partial charge is 0.211 e. The predicted octanol–water partition coefficient (Wildman–Crippen LogP) is 3.40. The largest absolute Gasteiger partial charge is 0.364 e. The molecule has 0 saturated carbocycles. The van der Waals surface area contributed by atoms with Crippen molar-refractivity contribution in [3.8, 4) is 6.07 Å². The van der Waals surface area contributed by atoms with Crippen LogP contribution in [0.5, 0.6) is 0 Å². The third-order valence-electron chi connectivity index (χ3n) is 5.61. The molecule has 0 amide bonds. The minimum atomic E-state index is -3.46. The fourth-order valence-electron chi connectivity index (χ4n) is 4.23. The molecule has 1 aliphatic rings. The maximum atomic E-state index is 12.8. The molecule has 4 rings (SSSR count). The summed E-state index contributed by atoms with van der Waals surface area (Å²) in [6, 6.07) is 15.5. The number of nitrogens with zero attached hydrogens (tertiary/aromatic N) is 4. The van der Waals surface area contributed by atoms with Crippen LogP contribution in [0.25, 0.3) is 0 Å². The molecular weight excluding hydrogens is 446 g/mol. The highest BCUT2D eigenvalue weighted by molar-refractivity contribution is 7.88. The fourth-order valence-corrected chi connectivity index (χ4v) is 5.29. The van der Waals surface area contributed by atoms with E-state index in [1.165, 1.54) is 6.26 Å². The Hall–Kier alpha value is -2.86. The summed E-state index contributed by atoms with van der Waals surface area (Å²) in [5.74, 6) is 0. The number of halogens is 1. The molecule has 168 valence electrons. The van der Waals surface area contributed by atoms with Crippen LogP contribution in [-0.4, -0.2) is 41.5 Å². The van der Waals surface area contributed by atoms with Gasteiger partial charge in [-0.2, -0.15) is 9.57 Å². The SMILES string of the molecule is Cc1cccc(CN(C2Cc3cc(C#N)ccc3N(Cc3cnc[nH]3)C2)S(C)(=O)=O)c1.Cl. The lowest BCUT2D eigenvalue weighted by molar-refractivity contribution is 0.305. The number of nitrogens with one attached hydrogen (secondary N) is 1. The molecule has 0 radical (unpaired) electrons. The first-order valence-electron chi connectivity index (χ1n) is 10.1. The van der Waals surface area contributed by atoms with Crippen LogP contribution < -0.4 is 4.90 Å². The second-order valence-electron chi connectivity index (χ2n) is 8.07. The second-order valence-corrected chi connectivity index (χ2v) is 10.0. The molecule has 2 heterocycles. The molecular formula is C23H26ClN5O2S. The van der Waals surface area contributed by atoms with Crippen LogP contribution in [0.15, 0.2) is 55.0 Å². The topological polar surface area (TPSA) is 93.1 Å². The van der Waals surface area contributed by atoms with Crippen LogP contribution in [-0.2, 0) is 29.5 Å². The summed E-state index contributed by atoms with van der Waals surface area (Å²) in [6.45, 7) is 3.45. The first-order chi connectivity index (χ1) is 14.8. The highest BCUT2D eigenvalue weighted by atomic mass is 35.5. The average molecular weight is 472 g/mol. The second kappa shape index (κ2) is 9.74. The third-order valence-corrected chi connectivity index (χ3v) is 6.89. The van der Waals surface area contributed by atoms with Gasteiger partial charge in [0, 0.05) is 31.0 Å². The molecule has 0 spiro atoms. The maximum Gasteiger partial charge on any atom is 0.211 e. The number of imidazole rings is 1. The molecule has 32 heavy (non-hydrogen) atoms. The van der Waals surface area contributed by atoms with Crippen LogP contribution >= 0.6 is 12.4 Å². The lowest BCUT2D eigenvalue weighted by Gasteiger charge is -2.40. The Morgan fingerprint density at radius 1 is 1.28 bits per heavy atom. The number of aromatic nitrogens is 2. The van der Waals surface area contributed by atoms with Crippen molar-refractivity contribution >= 4 is 28.1 Å². The number of aryl methyl sites for hydroxylation is 1. The minimum absolute atomic E-state index is 0. The molecule has 1 aliphatic heterocycles. The van der Waals surface area contributed by atoms with Gasteiger partial charge < -0.3 is 9.88 Å². The lowest BCUT2D eigenvalue weighted by Crippen LogP contribution is -2.50. The van der Waals surface area contributed by atoms with Gasteiger partial charge >= 0.3 is 0 Å². The quantitative estimate of drug-likeness (QED) is 0.594. The van der Waals surface area contributed by atoms with Gasteiger partial charge in [0.25, 0.3) is 0 Å². The van der Waals surface area contributed by atoms with E-state index in [2.05, 4.69) is 20.9 Å². The monoisotopic (exact) mass is 471 g/mol. The highest BCUT2D eigenvalue weighted by Gasteiger charge is 2.33. The molecule has 0 aliphatic carbocycles. The number of H-pyrrole nitrogens is 1. The first kappa shape index (κ1) is 23.8. The number of sulfonamides is 1. The van der Waals surface area contributed by atoms with Gasteiger partial charge in [-0.15, -0.1) is 12.4 Å². The van der Waals surface area contributed by atoms with Gasteiger partial charge in [0.05, 0.1) is 36.5 Å². The van der Waals surface area contributed by atoms with Crippen molar-refractivity contribution in [2.75, 3.05) is 17.7 Å². The van der Waals surface area contributed by atoms with Crippen LogP contribution in [0.4, 0.5) is 5.69 Å². The molecule has 0 fully saturated rings. The number of nitriles is 1. The number of rotatable bonds is 6. The Morgan fingerprint density at radius 2 is 2.09 bits per heavy atom. The molecule has 1 atom stereocenters. The molecule has 3 aromatic rings. The Morgan fingerprint density at radius 3 is 2.75 bits per heavy atom. The fraction of sp³-hybridized carbons (Fsp3) is 0.304. The van der Waals surface area contributed by atoms with Gasteiger partial charge in [0.2, 0.25) is 10.0 Å². The third kappa shape index (κ3) is 5.30. The summed E-state index contributed by atoms with van der Waals surface area (Å²) in [5.41, 5.74) is 5.58. The molecule has 9 heteroatoms. The van der Waals surface area contributed by atoms with Crippen molar-refractivity contribution in [1.29, 1.82) is 5.26 Å². The summed E-state index contributed by atoms with van der Waals surface area (Å²) in [4.78, 5) is 9.38. The first-order valence-corrected chi connectivity index (χ1v) is 12.0. The number of aromatic amines is 1. The summed E-state index contributed by atoms with van der Waals surface area (Å²) >= 11 is 0. The maximum absolute atomic E-state index is 12.8. The van der Waals surface area contributed by atoms with E-state index in [9.17, 15) is 13.7 Å². The van der Waals surface area contributed by atoms with Crippen LogP contribution in [0.1, 0.15) is 27.9 Å². The van der Waals surface area contributed by atoms with Gasteiger partial charge in [0.15, 0.2) is 0 Å². The van der Waals surface area contributed by atoms with E-state index in [0.29, 0.717) is 31.6 Å². The van der Waals surface area contributed by atoms with Gasteiger partial charge in [0.1, 0.15) is 0 Å². The van der Waals surface area contributed by atoms with Crippen molar-refractivity contribution in [2.24, 2.45) is 0 Å². The van der Waals surface area contributed by atoms with Crippen molar-refractivity contribution in [2.45, 2.75) is 32.5 Å². The Bertz CT molecular complexity index is 1220. The molecule has 2 aromatic carbocycles. The van der Waals surface area contributed by atoms with Crippen molar-refractivity contribution in [3.05, 3.63) is 82.9 Å². The number of anilines is 1. The summed E-state index contributed by atoms with van der Waals surface area (Å²) in [7, 11) is -3.46. The molecule has 7 nitrogen and oxygen atoms in total. The zero-order valence-corrected chi connectivity index (χ0v) is 19.7. The van der Waals surface area contributed by atoms with Crippen LogP contribution in [0, 0.1) is 18.3 Å². The Kier molecular flexibility index (Phi) is 7.24. The van der Waals surface area contributed by atoms with Crippen molar-refractivity contribution in [3.63, 3.8) is 0 Å². The number of hydrogen-bond acceptors (Lipinski definition) is 5. The van der Waals surface area contributed by atoms with Crippen LogP contribution in [0.3, 0.4) is 0 Å². The normalized spacial score (nSPS) is 15.7. The standard InChI is InChI=1S/C23H25N5O2S.ClH/c1-17-4-3-5-19(8-17)13-28(31(2,29)30)22-10-20-9-18(11-24)6-7-23(20)27(15-22)14-21-12-25-16-26-21;/h3-9,12,16,22H,10,13-15H2,1-2H3,(H,25,26);1H. The zero-order chi connectivity index (χ0) is 22.0. The predicted molar refractivity (Wildman–Crippen MR) is 127 cm³/mol. The van der Waals surface area contributed by atoms with Gasteiger partial charge in [-0.25, -0.2) is 13.4 Å². The van der Waals surface area contributed by atoms with Crippen molar-refractivity contribution < 1.29 is 8.42 Å². The van der Waals surface area contributed by atoms with Crippen molar-refractivity contribution in [1.82, 2.24) is 14.3 Å². The number of benzene rings is 2. The molecule has 1 N–H and O–H groups in total. The van der Waals surface area contributed by atoms with Gasteiger partial charge in [-0.3, -0.25) is 0 Å². The average Bonchev–Trinajstić information content (AvgIpc) is 3.23. The summed E-state index contributed by atoms with van der Waals surface area (Å²) < 4.78 is 27.2. The van der Waals surface area contributed by atoms with E-state index in [4.69, 9.17) is 0 Å². The van der Waals surface area contributed by atoms with E-state index in [-0.39, 0.29) is 18.4 Å². The molecule has 0 bridgehead atoms. The molecule has 1 aromatic heterocycles. The van der Waals surface area contributed by atoms with Gasteiger partial charge in [-0.1, -0.05) is 29.8 Å². The van der Waals surface area contributed by atoms with E-state index in [0.717, 1.165) is 28.1 Å². The Balaban J connectivity index is 0.00000289. The van der Waals surface area contributed by atoms with Gasteiger partial charge in [-0.05, 0) is 42.7 Å². The summed E-state index contributed by atoms with van der Waals surface area (Å²) in [6.07, 6.45) is 5.23. The molecule has 0 saturated heterocycles. The Labute approximate surface area is 195 Å². The zero-order valence-electron chi connectivity index (χ0n) is 18.0. The number of hydrogen-bond donors (Lipinski definition) is 1. The minimum Gasteiger partial charge on any atom is -0.364 e. The van der Waals surface area contributed by atoms with E-state index >= 15 is 0 Å². The molecule has 1 unspecified atom stereocenters. The highest BCUT2D eigenvalue weighted by Crippen LogP contribution is 2.32. The lowest BCUT2D eigenvalue weighted by atomic mass is 9.95. The van der Waals surface area contributed by atoms with Crippen LogP contribution in [0.2, 0.25) is 0 Å². The van der Waals surface area contributed by atoms with E-state index in [1.54, 1.807) is 22.9 Å². The van der Waals surface area contributed by atoms with E-state index in [1.807, 2.05) is 43.3 Å². The number of fused-ring (bicyclic) bond motifs is 1. The summed E-state index contributed by atoms with van der Waals surface area (Å²) in [5, 5.41) is 9.35.